The maximum absolute atomic E-state index is 13.2. The number of fused-ring (bicyclic) bond motifs is 1. The first-order valence-electron chi connectivity index (χ1n) is 10.9. The topological polar surface area (TPSA) is 80.8 Å². The van der Waals surface area contributed by atoms with Crippen molar-refractivity contribution in [2.24, 2.45) is 11.8 Å². The van der Waals surface area contributed by atoms with Crippen LogP contribution in [0.25, 0.3) is 11.1 Å². The van der Waals surface area contributed by atoms with Gasteiger partial charge in [0.15, 0.2) is 5.78 Å². The van der Waals surface area contributed by atoms with E-state index in [9.17, 15) is 19.2 Å². The number of hydrogen-bond donors (Lipinski definition) is 0. The monoisotopic (exact) mass is 473 g/mol. The van der Waals surface area contributed by atoms with Crippen molar-refractivity contribution in [3.63, 3.8) is 0 Å². The number of carbonyl (C=O) groups is 4. The van der Waals surface area contributed by atoms with Gasteiger partial charge in [-0.2, -0.15) is 0 Å². The van der Waals surface area contributed by atoms with E-state index in [-0.39, 0.29) is 18.9 Å². The van der Waals surface area contributed by atoms with Crippen molar-refractivity contribution in [3.8, 4) is 11.1 Å². The van der Waals surface area contributed by atoms with Gasteiger partial charge in [0.05, 0.1) is 42.2 Å². The fraction of sp³-hybridized carbons (Fsp3) is 0.185. The van der Waals surface area contributed by atoms with Crippen molar-refractivity contribution in [1.29, 1.82) is 0 Å². The molecule has 0 saturated carbocycles. The highest BCUT2D eigenvalue weighted by Gasteiger charge is 2.45. The van der Waals surface area contributed by atoms with E-state index in [1.807, 2.05) is 24.3 Å². The van der Waals surface area contributed by atoms with Gasteiger partial charge in [0, 0.05) is 10.6 Å². The van der Waals surface area contributed by atoms with Crippen LogP contribution >= 0.6 is 11.6 Å². The second kappa shape index (κ2) is 8.97. The minimum atomic E-state index is -0.757. The highest BCUT2D eigenvalue weighted by molar-refractivity contribution is 6.30. The van der Waals surface area contributed by atoms with Crippen molar-refractivity contribution in [3.05, 3.63) is 94.5 Å². The van der Waals surface area contributed by atoms with E-state index in [0.717, 1.165) is 16.0 Å². The Hall–Kier alpha value is -3.61. The van der Waals surface area contributed by atoms with Gasteiger partial charge in [-0.15, -0.1) is 0 Å². The van der Waals surface area contributed by atoms with Crippen LogP contribution in [0.3, 0.4) is 0 Å². The van der Waals surface area contributed by atoms with E-state index >= 15 is 0 Å². The van der Waals surface area contributed by atoms with Gasteiger partial charge in [-0.25, -0.2) is 0 Å². The van der Waals surface area contributed by atoms with Crippen LogP contribution in [0, 0.1) is 11.8 Å². The number of halogens is 1. The van der Waals surface area contributed by atoms with Gasteiger partial charge in [0.25, 0.3) is 11.8 Å². The standard InChI is InChI=1S/C27H20ClNO5/c28-19-11-9-17(10-12-19)16-5-7-18(8-6-16)25(31)23-15-34-24(22(23)14-30)13-29-26(32)20-3-1-2-4-21(20)27(29)33/h1-12,14,22-24H,13,15H2/t22-,23+,24+/m1/s1. The molecule has 2 aliphatic rings. The van der Waals surface area contributed by atoms with E-state index < -0.39 is 29.8 Å². The summed E-state index contributed by atoms with van der Waals surface area (Å²) in [5.74, 6) is -2.47. The lowest BCUT2D eigenvalue weighted by Crippen LogP contribution is -2.40. The molecule has 3 atom stereocenters. The largest absolute Gasteiger partial charge is 0.375 e. The molecule has 0 spiro atoms. The predicted octanol–water partition coefficient (Wildman–Crippen LogP) is 4.32. The third-order valence-corrected chi connectivity index (χ3v) is 6.72. The Morgan fingerprint density at radius 3 is 2.03 bits per heavy atom. The van der Waals surface area contributed by atoms with Crippen molar-refractivity contribution in [2.75, 3.05) is 13.2 Å². The summed E-state index contributed by atoms with van der Waals surface area (Å²) in [5.41, 5.74) is 3.05. The van der Waals surface area contributed by atoms with Crippen molar-refractivity contribution < 1.29 is 23.9 Å². The third-order valence-electron chi connectivity index (χ3n) is 6.47. The summed E-state index contributed by atoms with van der Waals surface area (Å²) in [6.07, 6.45) is -0.0393. The summed E-state index contributed by atoms with van der Waals surface area (Å²) in [6, 6.07) is 21.1. The van der Waals surface area contributed by atoms with Gasteiger partial charge >= 0.3 is 0 Å². The number of aldehydes is 1. The first-order valence-corrected chi connectivity index (χ1v) is 11.3. The maximum atomic E-state index is 13.2. The van der Waals surface area contributed by atoms with Crippen LogP contribution in [0.2, 0.25) is 5.02 Å². The van der Waals surface area contributed by atoms with Gasteiger partial charge < -0.3 is 9.53 Å². The highest BCUT2D eigenvalue weighted by Crippen LogP contribution is 2.32. The molecule has 2 heterocycles. The lowest BCUT2D eigenvalue weighted by atomic mass is 9.85. The third kappa shape index (κ3) is 3.85. The second-order valence-corrected chi connectivity index (χ2v) is 8.84. The number of ether oxygens (including phenoxy) is 1. The normalized spacial score (nSPS) is 21.6. The summed E-state index contributed by atoms with van der Waals surface area (Å²) < 4.78 is 5.76. The molecule has 0 radical (unpaired) electrons. The SMILES string of the molecule is O=C[C@H]1[C@H](CN2C(=O)c3ccccc3C2=O)OC[C@@H]1C(=O)c1ccc(-c2ccc(Cl)cc2)cc1. The van der Waals surface area contributed by atoms with E-state index in [1.54, 1.807) is 48.5 Å². The molecule has 5 rings (SSSR count). The number of nitrogens with zero attached hydrogens (tertiary/aromatic N) is 1. The smallest absolute Gasteiger partial charge is 0.261 e. The van der Waals surface area contributed by atoms with Gasteiger partial charge in [-0.05, 0) is 35.4 Å². The first kappa shape index (κ1) is 22.2. The lowest BCUT2D eigenvalue weighted by Gasteiger charge is -2.22. The molecule has 0 aliphatic carbocycles. The summed E-state index contributed by atoms with van der Waals surface area (Å²) in [6.45, 7) is -0.0238. The van der Waals surface area contributed by atoms with Crippen LogP contribution < -0.4 is 0 Å². The van der Waals surface area contributed by atoms with E-state index in [2.05, 4.69) is 0 Å². The Kier molecular flexibility index (Phi) is 5.86. The van der Waals surface area contributed by atoms with Crippen LogP contribution in [0.15, 0.2) is 72.8 Å². The molecule has 6 nitrogen and oxygen atoms in total. The predicted molar refractivity (Wildman–Crippen MR) is 126 cm³/mol. The molecule has 0 N–H and O–H groups in total. The van der Waals surface area contributed by atoms with Crippen LogP contribution in [-0.4, -0.2) is 48.0 Å². The Bertz CT molecular complexity index is 1250. The molecule has 1 saturated heterocycles. The molecule has 34 heavy (non-hydrogen) atoms. The number of ketones is 1. The van der Waals surface area contributed by atoms with Crippen LogP contribution in [0.4, 0.5) is 0 Å². The molecule has 3 aromatic carbocycles. The number of carbonyl (C=O) groups excluding carboxylic acids is 4. The number of amides is 2. The number of benzene rings is 3. The van der Waals surface area contributed by atoms with Crippen molar-refractivity contribution in [1.82, 2.24) is 4.90 Å². The van der Waals surface area contributed by atoms with Crippen LogP contribution in [-0.2, 0) is 9.53 Å². The molecule has 170 valence electrons. The van der Waals surface area contributed by atoms with Crippen molar-refractivity contribution >= 4 is 35.5 Å². The molecule has 0 unspecified atom stereocenters. The molecular formula is C27H20ClNO5. The van der Waals surface area contributed by atoms with E-state index in [0.29, 0.717) is 28.0 Å². The first-order chi connectivity index (χ1) is 16.5. The highest BCUT2D eigenvalue weighted by atomic mass is 35.5. The zero-order valence-electron chi connectivity index (χ0n) is 18.0. The van der Waals surface area contributed by atoms with Gasteiger partial charge in [-0.1, -0.05) is 60.1 Å². The Balaban J connectivity index is 1.30. The fourth-order valence-corrected chi connectivity index (χ4v) is 4.71. The summed E-state index contributed by atoms with van der Waals surface area (Å²) in [7, 11) is 0. The molecule has 2 amide bonds. The molecular weight excluding hydrogens is 454 g/mol. The minimum absolute atomic E-state index is 0.0506. The Morgan fingerprint density at radius 2 is 1.47 bits per heavy atom. The lowest BCUT2D eigenvalue weighted by molar-refractivity contribution is -0.113. The van der Waals surface area contributed by atoms with E-state index in [1.165, 1.54) is 0 Å². The number of rotatable bonds is 6. The average Bonchev–Trinajstić information content (AvgIpc) is 3.39. The Morgan fingerprint density at radius 1 is 0.912 bits per heavy atom. The van der Waals surface area contributed by atoms with Gasteiger partial charge in [-0.3, -0.25) is 19.3 Å². The zero-order chi connectivity index (χ0) is 23.8. The summed E-state index contributed by atoms with van der Waals surface area (Å²) in [4.78, 5) is 51.6. The van der Waals surface area contributed by atoms with E-state index in [4.69, 9.17) is 16.3 Å². The molecule has 0 aromatic heterocycles. The zero-order valence-corrected chi connectivity index (χ0v) is 18.8. The average molecular weight is 474 g/mol. The molecule has 7 heteroatoms. The van der Waals surface area contributed by atoms with Crippen LogP contribution in [0.1, 0.15) is 31.1 Å². The number of hydrogen-bond acceptors (Lipinski definition) is 5. The minimum Gasteiger partial charge on any atom is -0.375 e. The van der Waals surface area contributed by atoms with Crippen molar-refractivity contribution in [2.45, 2.75) is 6.10 Å². The van der Waals surface area contributed by atoms with Gasteiger partial charge in [0.1, 0.15) is 6.29 Å². The fourth-order valence-electron chi connectivity index (χ4n) is 4.58. The molecule has 3 aromatic rings. The van der Waals surface area contributed by atoms with Crippen LogP contribution in [0.5, 0.6) is 0 Å². The number of Topliss-reactive ketones (excluding diaryl/α,β-unsaturated/α-hetero) is 1. The summed E-state index contributed by atoms with van der Waals surface area (Å²) >= 11 is 5.95. The quantitative estimate of drug-likeness (QED) is 0.302. The second-order valence-electron chi connectivity index (χ2n) is 8.41. The molecule has 0 bridgehead atoms. The molecule has 1 fully saturated rings. The van der Waals surface area contributed by atoms with Gasteiger partial charge in [0.2, 0.25) is 0 Å². The number of imide groups is 1. The molecule has 2 aliphatic heterocycles. The summed E-state index contributed by atoms with van der Waals surface area (Å²) in [5, 5.41) is 0.646. The maximum Gasteiger partial charge on any atom is 0.261 e. The Labute approximate surface area is 201 Å².